The fraction of sp³-hybridized carbons (Fsp3) is 1.00. The Morgan fingerprint density at radius 2 is 1.92 bits per heavy atom. The SMILES string of the molecule is OCC(CO)C12CCCN1CC2. The zero-order valence-corrected chi connectivity index (χ0v) is 7.37. The van der Waals surface area contributed by atoms with E-state index < -0.39 is 0 Å². The van der Waals surface area contributed by atoms with Crippen LogP contribution in [0.1, 0.15) is 19.3 Å². The molecule has 2 N–H and O–H groups in total. The zero-order chi connectivity index (χ0) is 8.60. The normalized spacial score (nSPS) is 35.2. The Kier molecular flexibility index (Phi) is 2.10. The molecule has 2 rings (SSSR count). The molecule has 0 aromatic carbocycles. The summed E-state index contributed by atoms with van der Waals surface area (Å²) in [6, 6.07) is 0. The van der Waals surface area contributed by atoms with Gasteiger partial charge in [0, 0.05) is 31.2 Å². The van der Waals surface area contributed by atoms with Gasteiger partial charge in [0.05, 0.1) is 0 Å². The average molecular weight is 171 g/mol. The van der Waals surface area contributed by atoms with Crippen molar-refractivity contribution >= 4 is 0 Å². The highest BCUT2D eigenvalue weighted by Gasteiger charge is 2.52. The van der Waals surface area contributed by atoms with Crippen LogP contribution in [0.25, 0.3) is 0 Å². The Morgan fingerprint density at radius 3 is 2.33 bits per heavy atom. The van der Waals surface area contributed by atoms with E-state index in [1.165, 1.54) is 19.3 Å². The van der Waals surface area contributed by atoms with Gasteiger partial charge in [0.15, 0.2) is 0 Å². The van der Waals surface area contributed by atoms with Gasteiger partial charge in [0.2, 0.25) is 0 Å². The minimum atomic E-state index is 0.0914. The van der Waals surface area contributed by atoms with Crippen LogP contribution in [0.3, 0.4) is 0 Å². The molecular weight excluding hydrogens is 154 g/mol. The van der Waals surface area contributed by atoms with Crippen molar-refractivity contribution in [1.29, 1.82) is 0 Å². The second kappa shape index (κ2) is 2.98. The second-order valence-electron chi connectivity index (χ2n) is 4.01. The van der Waals surface area contributed by atoms with Crippen LogP contribution < -0.4 is 0 Å². The number of aliphatic hydroxyl groups excluding tert-OH is 2. The summed E-state index contributed by atoms with van der Waals surface area (Å²) in [5.41, 5.74) is 0.184. The summed E-state index contributed by atoms with van der Waals surface area (Å²) in [7, 11) is 0. The summed E-state index contributed by atoms with van der Waals surface area (Å²) in [4.78, 5) is 2.42. The molecule has 2 heterocycles. The highest BCUT2D eigenvalue weighted by Crippen LogP contribution is 2.45. The Labute approximate surface area is 73.0 Å². The van der Waals surface area contributed by atoms with Crippen molar-refractivity contribution in [3.8, 4) is 0 Å². The van der Waals surface area contributed by atoms with Crippen LogP contribution in [0, 0.1) is 5.92 Å². The van der Waals surface area contributed by atoms with Crippen molar-refractivity contribution in [2.75, 3.05) is 26.3 Å². The largest absolute Gasteiger partial charge is 0.396 e. The smallest absolute Gasteiger partial charge is 0.0499 e. The first-order valence-corrected chi connectivity index (χ1v) is 4.80. The molecule has 2 saturated heterocycles. The molecule has 0 aromatic rings. The molecule has 0 aromatic heterocycles. The van der Waals surface area contributed by atoms with Gasteiger partial charge in [-0.25, -0.2) is 0 Å². The van der Waals surface area contributed by atoms with Crippen LogP contribution in [0.4, 0.5) is 0 Å². The Morgan fingerprint density at radius 1 is 1.17 bits per heavy atom. The van der Waals surface area contributed by atoms with Crippen molar-refractivity contribution < 1.29 is 10.2 Å². The molecule has 2 aliphatic rings. The zero-order valence-electron chi connectivity index (χ0n) is 7.37. The summed E-state index contributed by atoms with van der Waals surface area (Å²) < 4.78 is 0. The molecule has 1 unspecified atom stereocenters. The molecule has 2 fully saturated rings. The first kappa shape index (κ1) is 8.48. The highest BCUT2D eigenvalue weighted by atomic mass is 16.3. The first-order valence-electron chi connectivity index (χ1n) is 4.80. The van der Waals surface area contributed by atoms with Gasteiger partial charge in [-0.15, -0.1) is 0 Å². The summed E-state index contributed by atoms with van der Waals surface area (Å²) in [6.45, 7) is 2.59. The summed E-state index contributed by atoms with van der Waals surface area (Å²) in [6.07, 6.45) is 3.56. The van der Waals surface area contributed by atoms with Gasteiger partial charge in [-0.2, -0.15) is 0 Å². The van der Waals surface area contributed by atoms with Gasteiger partial charge in [0.1, 0.15) is 0 Å². The average Bonchev–Trinajstić information content (AvgIpc) is 2.33. The van der Waals surface area contributed by atoms with Crippen LogP contribution in [0.5, 0.6) is 0 Å². The van der Waals surface area contributed by atoms with Crippen molar-refractivity contribution in [2.24, 2.45) is 5.92 Å². The van der Waals surface area contributed by atoms with E-state index in [2.05, 4.69) is 4.90 Å². The lowest BCUT2D eigenvalue weighted by Gasteiger charge is -2.52. The molecule has 3 nitrogen and oxygen atoms in total. The van der Waals surface area contributed by atoms with E-state index in [-0.39, 0.29) is 24.7 Å². The first-order chi connectivity index (χ1) is 5.83. The van der Waals surface area contributed by atoms with Gasteiger partial charge in [-0.1, -0.05) is 0 Å². The molecule has 2 aliphatic heterocycles. The number of fused-ring (bicyclic) bond motifs is 1. The monoisotopic (exact) mass is 171 g/mol. The van der Waals surface area contributed by atoms with Crippen molar-refractivity contribution in [1.82, 2.24) is 4.90 Å². The van der Waals surface area contributed by atoms with E-state index in [0.717, 1.165) is 13.1 Å². The standard InChI is InChI=1S/C9H17NO2/c11-6-8(7-12)9-2-1-4-10(9)5-3-9/h8,11-12H,1-7H2. The predicted octanol–water partition coefficient (Wildman–Crippen LogP) is -0.175. The van der Waals surface area contributed by atoms with Gasteiger partial charge in [0.25, 0.3) is 0 Å². The lowest BCUT2D eigenvalue weighted by atomic mass is 9.74. The minimum absolute atomic E-state index is 0.0914. The number of nitrogens with zero attached hydrogens (tertiary/aromatic N) is 1. The fourth-order valence-electron chi connectivity index (χ4n) is 2.81. The molecule has 0 amide bonds. The van der Waals surface area contributed by atoms with E-state index in [9.17, 15) is 0 Å². The molecule has 0 spiro atoms. The maximum absolute atomic E-state index is 9.12. The molecule has 70 valence electrons. The van der Waals surface area contributed by atoms with E-state index in [1.54, 1.807) is 0 Å². The van der Waals surface area contributed by atoms with Gasteiger partial charge in [-0.3, -0.25) is 4.90 Å². The van der Waals surface area contributed by atoms with Crippen molar-refractivity contribution in [3.63, 3.8) is 0 Å². The second-order valence-corrected chi connectivity index (χ2v) is 4.01. The Bertz CT molecular complexity index is 170. The van der Waals surface area contributed by atoms with Crippen LogP contribution in [-0.4, -0.2) is 47.0 Å². The molecule has 0 bridgehead atoms. The van der Waals surface area contributed by atoms with Crippen LogP contribution in [0.2, 0.25) is 0 Å². The summed E-state index contributed by atoms with van der Waals surface area (Å²) >= 11 is 0. The maximum atomic E-state index is 9.12. The number of hydrogen-bond acceptors (Lipinski definition) is 3. The molecule has 0 saturated carbocycles. The number of hydrogen-bond donors (Lipinski definition) is 2. The molecular formula is C9H17NO2. The fourth-order valence-corrected chi connectivity index (χ4v) is 2.81. The van der Waals surface area contributed by atoms with E-state index in [4.69, 9.17) is 10.2 Å². The molecule has 3 heteroatoms. The van der Waals surface area contributed by atoms with Crippen molar-refractivity contribution in [3.05, 3.63) is 0 Å². The quantitative estimate of drug-likeness (QED) is 0.619. The van der Waals surface area contributed by atoms with Crippen LogP contribution in [-0.2, 0) is 0 Å². The van der Waals surface area contributed by atoms with E-state index in [0.29, 0.717) is 0 Å². The third kappa shape index (κ3) is 0.934. The maximum Gasteiger partial charge on any atom is 0.0499 e. The molecule has 1 atom stereocenters. The minimum Gasteiger partial charge on any atom is -0.396 e. The van der Waals surface area contributed by atoms with Crippen LogP contribution in [0.15, 0.2) is 0 Å². The van der Waals surface area contributed by atoms with Gasteiger partial charge >= 0.3 is 0 Å². The van der Waals surface area contributed by atoms with Gasteiger partial charge in [-0.05, 0) is 25.8 Å². The molecule has 12 heavy (non-hydrogen) atoms. The third-order valence-electron chi connectivity index (χ3n) is 3.68. The molecule has 0 aliphatic carbocycles. The number of aliphatic hydroxyl groups is 2. The van der Waals surface area contributed by atoms with E-state index >= 15 is 0 Å². The third-order valence-corrected chi connectivity index (χ3v) is 3.68. The summed E-state index contributed by atoms with van der Waals surface area (Å²) in [5, 5.41) is 18.2. The molecule has 0 radical (unpaired) electrons. The summed E-state index contributed by atoms with van der Waals surface area (Å²) in [5.74, 6) is 0.0914. The Hall–Kier alpha value is -0.120. The highest BCUT2D eigenvalue weighted by molar-refractivity contribution is 5.07. The topological polar surface area (TPSA) is 43.7 Å². The lowest BCUT2D eigenvalue weighted by Crippen LogP contribution is -2.61. The number of rotatable bonds is 3. The lowest BCUT2D eigenvalue weighted by molar-refractivity contribution is -0.0611. The van der Waals surface area contributed by atoms with Crippen LogP contribution >= 0.6 is 0 Å². The predicted molar refractivity (Wildman–Crippen MR) is 45.8 cm³/mol. The Balaban J connectivity index is 2.08. The van der Waals surface area contributed by atoms with E-state index in [1.807, 2.05) is 0 Å². The van der Waals surface area contributed by atoms with Gasteiger partial charge < -0.3 is 10.2 Å². The van der Waals surface area contributed by atoms with Crippen molar-refractivity contribution in [2.45, 2.75) is 24.8 Å².